The Morgan fingerprint density at radius 2 is 2.33 bits per heavy atom. The van der Waals surface area contributed by atoms with Crippen LogP contribution in [0.2, 0.25) is 0 Å². The van der Waals surface area contributed by atoms with Crippen molar-refractivity contribution in [1.82, 2.24) is 4.90 Å². The van der Waals surface area contributed by atoms with Gasteiger partial charge in [0.25, 0.3) is 0 Å². The first-order valence-electron chi connectivity index (χ1n) is 7.11. The first-order chi connectivity index (χ1) is 10.0. The van der Waals surface area contributed by atoms with Gasteiger partial charge in [-0.3, -0.25) is 0 Å². The highest BCUT2D eigenvalue weighted by atomic mass is 19.1. The standard InChI is InChI=1S/C15H22FN3O2/c1-19-5-3-4-10(9-19)8-18-14-6-11(15(20)21-2)13(17)7-12(14)16/h6-7,10,18H,3-5,8-9,17H2,1-2H3. The van der Waals surface area contributed by atoms with E-state index in [1.807, 2.05) is 0 Å². The number of methoxy groups -OCH3 is 1. The summed E-state index contributed by atoms with van der Waals surface area (Å²) >= 11 is 0. The molecule has 1 aliphatic rings. The van der Waals surface area contributed by atoms with Crippen LogP contribution in [0.3, 0.4) is 0 Å². The van der Waals surface area contributed by atoms with Crippen molar-refractivity contribution >= 4 is 17.3 Å². The molecule has 2 rings (SSSR count). The molecule has 0 saturated carbocycles. The maximum Gasteiger partial charge on any atom is 0.340 e. The molecular formula is C15H22FN3O2. The lowest BCUT2D eigenvalue weighted by molar-refractivity contribution is 0.0602. The second kappa shape index (κ2) is 6.76. The van der Waals surface area contributed by atoms with E-state index in [0.717, 1.165) is 32.0 Å². The topological polar surface area (TPSA) is 67.6 Å². The number of ether oxygens (including phenoxy) is 1. The Morgan fingerprint density at radius 1 is 1.57 bits per heavy atom. The van der Waals surface area contributed by atoms with Crippen LogP contribution in [0.25, 0.3) is 0 Å². The average molecular weight is 295 g/mol. The van der Waals surface area contributed by atoms with Gasteiger partial charge in [-0.1, -0.05) is 0 Å². The third-order valence-electron chi connectivity index (χ3n) is 3.85. The number of rotatable bonds is 4. The molecule has 3 N–H and O–H groups in total. The van der Waals surface area contributed by atoms with Crippen LogP contribution in [-0.2, 0) is 4.74 Å². The van der Waals surface area contributed by atoms with Gasteiger partial charge in [-0.2, -0.15) is 0 Å². The van der Waals surface area contributed by atoms with E-state index in [1.165, 1.54) is 13.2 Å². The monoisotopic (exact) mass is 295 g/mol. The van der Waals surface area contributed by atoms with E-state index in [-0.39, 0.29) is 16.9 Å². The zero-order valence-electron chi connectivity index (χ0n) is 12.5. The fourth-order valence-corrected chi connectivity index (χ4v) is 2.70. The van der Waals surface area contributed by atoms with Gasteiger partial charge in [-0.25, -0.2) is 9.18 Å². The van der Waals surface area contributed by atoms with E-state index in [0.29, 0.717) is 12.5 Å². The van der Waals surface area contributed by atoms with Crippen LogP contribution in [0.15, 0.2) is 12.1 Å². The van der Waals surface area contributed by atoms with Crippen LogP contribution in [-0.4, -0.2) is 44.7 Å². The SMILES string of the molecule is COC(=O)c1cc(NCC2CCCN(C)C2)c(F)cc1N. The number of nitrogens with zero attached hydrogens (tertiary/aromatic N) is 1. The van der Waals surface area contributed by atoms with Crippen molar-refractivity contribution in [2.24, 2.45) is 5.92 Å². The Labute approximate surface area is 124 Å². The molecule has 21 heavy (non-hydrogen) atoms. The Kier molecular flexibility index (Phi) is 5.01. The molecule has 1 aliphatic heterocycles. The van der Waals surface area contributed by atoms with Crippen molar-refractivity contribution in [3.8, 4) is 0 Å². The normalized spacial score (nSPS) is 19.3. The Hall–Kier alpha value is -1.82. The minimum atomic E-state index is -0.562. The molecule has 1 heterocycles. The van der Waals surface area contributed by atoms with Gasteiger partial charge in [0.2, 0.25) is 0 Å². The number of benzene rings is 1. The number of nitrogen functional groups attached to an aromatic ring is 1. The summed E-state index contributed by atoms with van der Waals surface area (Å²) in [5.74, 6) is -0.542. The molecule has 0 aliphatic carbocycles. The zero-order chi connectivity index (χ0) is 15.4. The summed E-state index contributed by atoms with van der Waals surface area (Å²) in [5, 5.41) is 3.08. The third kappa shape index (κ3) is 3.85. The van der Waals surface area contributed by atoms with Crippen molar-refractivity contribution in [2.45, 2.75) is 12.8 Å². The summed E-state index contributed by atoms with van der Waals surface area (Å²) in [6, 6.07) is 2.57. The predicted octanol–water partition coefficient (Wildman–Crippen LogP) is 1.95. The van der Waals surface area contributed by atoms with Crippen molar-refractivity contribution in [3.63, 3.8) is 0 Å². The predicted molar refractivity (Wildman–Crippen MR) is 80.9 cm³/mol. The van der Waals surface area contributed by atoms with Gasteiger partial charge in [-0.15, -0.1) is 0 Å². The number of halogens is 1. The van der Waals surface area contributed by atoms with Crippen LogP contribution in [0.1, 0.15) is 23.2 Å². The first kappa shape index (κ1) is 15.6. The molecular weight excluding hydrogens is 273 g/mol. The quantitative estimate of drug-likeness (QED) is 0.656. The minimum absolute atomic E-state index is 0.0855. The van der Waals surface area contributed by atoms with Crippen LogP contribution >= 0.6 is 0 Å². The molecule has 1 aromatic rings. The van der Waals surface area contributed by atoms with Gasteiger partial charge < -0.3 is 20.7 Å². The molecule has 0 aromatic heterocycles. The smallest absolute Gasteiger partial charge is 0.340 e. The van der Waals surface area contributed by atoms with Crippen LogP contribution < -0.4 is 11.1 Å². The lowest BCUT2D eigenvalue weighted by Gasteiger charge is -2.30. The number of carbonyl (C=O) groups excluding carboxylic acids is 1. The summed E-state index contributed by atoms with van der Waals surface area (Å²) in [4.78, 5) is 13.9. The molecule has 6 heteroatoms. The highest BCUT2D eigenvalue weighted by molar-refractivity contribution is 5.96. The lowest BCUT2D eigenvalue weighted by Crippen LogP contribution is -2.35. The first-order valence-corrected chi connectivity index (χ1v) is 7.11. The Bertz CT molecular complexity index is 522. The number of hydrogen-bond donors (Lipinski definition) is 2. The van der Waals surface area contributed by atoms with E-state index in [2.05, 4.69) is 22.0 Å². The molecule has 0 radical (unpaired) electrons. The van der Waals surface area contributed by atoms with Crippen LogP contribution in [0.5, 0.6) is 0 Å². The highest BCUT2D eigenvalue weighted by Crippen LogP contribution is 2.24. The second-order valence-corrected chi connectivity index (χ2v) is 5.56. The molecule has 0 bridgehead atoms. The largest absolute Gasteiger partial charge is 0.465 e. The van der Waals surface area contributed by atoms with E-state index in [9.17, 15) is 9.18 Å². The summed E-state index contributed by atoms with van der Waals surface area (Å²) in [6.07, 6.45) is 2.28. The van der Waals surface area contributed by atoms with Crippen LogP contribution in [0.4, 0.5) is 15.8 Å². The summed E-state index contributed by atoms with van der Waals surface area (Å²) in [7, 11) is 3.36. The van der Waals surface area contributed by atoms with E-state index >= 15 is 0 Å². The molecule has 1 unspecified atom stereocenters. The number of anilines is 2. The highest BCUT2D eigenvalue weighted by Gasteiger charge is 2.19. The number of hydrogen-bond acceptors (Lipinski definition) is 5. The molecule has 116 valence electrons. The number of nitrogens with one attached hydrogen (secondary N) is 1. The molecule has 1 atom stereocenters. The molecule has 0 spiro atoms. The maximum absolute atomic E-state index is 13.9. The lowest BCUT2D eigenvalue weighted by atomic mass is 9.98. The van der Waals surface area contributed by atoms with Gasteiger partial charge in [0.15, 0.2) is 0 Å². The van der Waals surface area contributed by atoms with Crippen molar-refractivity contribution < 1.29 is 13.9 Å². The van der Waals surface area contributed by atoms with E-state index in [1.54, 1.807) is 0 Å². The fourth-order valence-electron chi connectivity index (χ4n) is 2.70. The summed E-state index contributed by atoms with van der Waals surface area (Å²) < 4.78 is 18.6. The maximum atomic E-state index is 13.9. The number of esters is 1. The molecule has 1 fully saturated rings. The van der Waals surface area contributed by atoms with Gasteiger partial charge in [-0.05, 0) is 44.5 Å². The molecule has 0 amide bonds. The number of likely N-dealkylation sites (tertiary alicyclic amines) is 1. The third-order valence-corrected chi connectivity index (χ3v) is 3.85. The van der Waals surface area contributed by atoms with E-state index < -0.39 is 11.8 Å². The Balaban J connectivity index is 2.07. The van der Waals surface area contributed by atoms with Gasteiger partial charge in [0.05, 0.1) is 18.4 Å². The van der Waals surface area contributed by atoms with Gasteiger partial charge in [0, 0.05) is 18.8 Å². The van der Waals surface area contributed by atoms with Crippen molar-refractivity contribution in [3.05, 3.63) is 23.5 Å². The van der Waals surface area contributed by atoms with Crippen molar-refractivity contribution in [2.75, 3.05) is 44.8 Å². The molecule has 5 nitrogen and oxygen atoms in total. The van der Waals surface area contributed by atoms with Crippen molar-refractivity contribution in [1.29, 1.82) is 0 Å². The number of carbonyl (C=O) groups is 1. The summed E-state index contributed by atoms with van der Waals surface area (Å²) in [6.45, 7) is 2.78. The average Bonchev–Trinajstić information content (AvgIpc) is 2.45. The fraction of sp³-hybridized carbons (Fsp3) is 0.533. The van der Waals surface area contributed by atoms with Crippen LogP contribution in [0, 0.1) is 11.7 Å². The molecule has 1 aromatic carbocycles. The van der Waals surface area contributed by atoms with E-state index in [4.69, 9.17) is 5.73 Å². The number of piperidine rings is 1. The summed E-state index contributed by atoms with van der Waals surface area (Å²) in [5.41, 5.74) is 6.21. The zero-order valence-corrected chi connectivity index (χ0v) is 12.5. The second-order valence-electron chi connectivity index (χ2n) is 5.56. The Morgan fingerprint density at radius 3 is 3.00 bits per heavy atom. The van der Waals surface area contributed by atoms with Gasteiger partial charge in [0.1, 0.15) is 5.82 Å². The minimum Gasteiger partial charge on any atom is -0.465 e. The molecule has 1 saturated heterocycles. The number of nitrogens with two attached hydrogens (primary N) is 1. The van der Waals surface area contributed by atoms with Gasteiger partial charge >= 0.3 is 5.97 Å².